The van der Waals surface area contributed by atoms with Gasteiger partial charge in [-0.3, -0.25) is 4.90 Å². The lowest BCUT2D eigenvalue weighted by molar-refractivity contribution is -0.134. The van der Waals surface area contributed by atoms with Crippen LogP contribution in [0.3, 0.4) is 0 Å². The summed E-state index contributed by atoms with van der Waals surface area (Å²) in [6.07, 6.45) is 4.98. The van der Waals surface area contributed by atoms with Crippen LogP contribution >= 0.6 is 0 Å². The number of carboxylic acids is 2. The standard InChI is InChI=1S/C15H21NO.C4H4O4/c1-15(12-17-15)16-9-7-14(8-10-16)11-13-5-3-2-4-6-13;5-3(6)1-2-4(7)8/h2-6,14H,7-12H2,1H3;1-2H,(H,5,6)(H,7,8)/b;2-1-. The Balaban J connectivity index is 0.000000242. The van der Waals surface area contributed by atoms with Crippen LogP contribution < -0.4 is 0 Å². The number of benzene rings is 1. The SMILES string of the molecule is CC1(N2CCC(Cc3ccccc3)CC2)CO1.O=C(O)/C=C\C(=O)O. The predicted octanol–water partition coefficient (Wildman–Crippen LogP) is 2.40. The minimum absolute atomic E-state index is 0.0950. The Bertz CT molecular complexity index is 586. The molecule has 0 saturated carbocycles. The number of aliphatic carboxylic acids is 2. The van der Waals surface area contributed by atoms with Gasteiger partial charge >= 0.3 is 11.9 Å². The van der Waals surface area contributed by atoms with Crippen molar-refractivity contribution in [3.8, 4) is 0 Å². The predicted molar refractivity (Wildman–Crippen MR) is 93.2 cm³/mol. The number of epoxide rings is 1. The Morgan fingerprint density at radius 2 is 1.68 bits per heavy atom. The van der Waals surface area contributed by atoms with Crippen molar-refractivity contribution in [2.75, 3.05) is 19.7 Å². The maximum atomic E-state index is 9.55. The van der Waals surface area contributed by atoms with E-state index in [2.05, 4.69) is 42.2 Å². The van der Waals surface area contributed by atoms with E-state index in [4.69, 9.17) is 14.9 Å². The van der Waals surface area contributed by atoms with Crippen molar-refractivity contribution in [2.45, 2.75) is 31.9 Å². The number of nitrogens with zero attached hydrogens (tertiary/aromatic N) is 1. The molecule has 6 nitrogen and oxygen atoms in total. The molecule has 6 heteroatoms. The Morgan fingerprint density at radius 1 is 1.16 bits per heavy atom. The number of carbonyl (C=O) groups is 2. The highest BCUT2D eigenvalue weighted by atomic mass is 16.6. The zero-order valence-corrected chi connectivity index (χ0v) is 14.4. The minimum Gasteiger partial charge on any atom is -0.478 e. The molecule has 0 aromatic heterocycles. The fraction of sp³-hybridized carbons (Fsp3) is 0.474. The van der Waals surface area contributed by atoms with Crippen LogP contribution in [0.2, 0.25) is 0 Å². The summed E-state index contributed by atoms with van der Waals surface area (Å²) in [5.41, 5.74) is 1.58. The molecule has 2 aliphatic heterocycles. The molecule has 3 rings (SSSR count). The van der Waals surface area contributed by atoms with Crippen molar-refractivity contribution in [1.82, 2.24) is 4.90 Å². The summed E-state index contributed by atoms with van der Waals surface area (Å²) in [4.78, 5) is 21.6. The summed E-state index contributed by atoms with van der Waals surface area (Å²) < 4.78 is 5.51. The van der Waals surface area contributed by atoms with E-state index in [1.54, 1.807) is 0 Å². The third-order valence-corrected chi connectivity index (χ3v) is 4.58. The Morgan fingerprint density at radius 3 is 2.12 bits per heavy atom. The Labute approximate surface area is 147 Å². The lowest BCUT2D eigenvalue weighted by atomic mass is 9.90. The summed E-state index contributed by atoms with van der Waals surface area (Å²) in [6, 6.07) is 10.9. The second-order valence-electron chi connectivity index (χ2n) is 6.59. The van der Waals surface area contributed by atoms with E-state index in [0.29, 0.717) is 12.2 Å². The topological polar surface area (TPSA) is 90.4 Å². The highest BCUT2D eigenvalue weighted by molar-refractivity contribution is 5.89. The van der Waals surface area contributed by atoms with Crippen molar-refractivity contribution < 1.29 is 24.5 Å². The quantitative estimate of drug-likeness (QED) is 0.628. The number of carboxylic acid groups (broad SMARTS) is 2. The van der Waals surface area contributed by atoms with Crippen molar-refractivity contribution in [2.24, 2.45) is 5.92 Å². The second-order valence-corrected chi connectivity index (χ2v) is 6.59. The van der Waals surface area contributed by atoms with E-state index in [1.807, 2.05) is 0 Å². The zero-order valence-electron chi connectivity index (χ0n) is 14.4. The molecule has 0 radical (unpaired) electrons. The molecular weight excluding hydrogens is 322 g/mol. The van der Waals surface area contributed by atoms with Gasteiger partial charge in [0.2, 0.25) is 0 Å². The van der Waals surface area contributed by atoms with Crippen molar-refractivity contribution in [3.05, 3.63) is 48.0 Å². The van der Waals surface area contributed by atoms with Crippen LogP contribution in [0.15, 0.2) is 42.5 Å². The third kappa shape index (κ3) is 6.68. The molecule has 2 fully saturated rings. The minimum atomic E-state index is -1.26. The molecule has 0 bridgehead atoms. The van der Waals surface area contributed by atoms with Gasteiger partial charge in [0.15, 0.2) is 0 Å². The summed E-state index contributed by atoms with van der Waals surface area (Å²) in [5.74, 6) is -1.66. The molecule has 1 unspecified atom stereocenters. The smallest absolute Gasteiger partial charge is 0.328 e. The van der Waals surface area contributed by atoms with E-state index in [-0.39, 0.29) is 5.72 Å². The third-order valence-electron chi connectivity index (χ3n) is 4.58. The van der Waals surface area contributed by atoms with E-state index < -0.39 is 11.9 Å². The molecular formula is C19H25NO5. The van der Waals surface area contributed by atoms with Gasteiger partial charge in [-0.2, -0.15) is 0 Å². The number of hydrogen-bond donors (Lipinski definition) is 2. The first-order chi connectivity index (χ1) is 11.9. The number of ether oxygens (including phenoxy) is 1. The van der Waals surface area contributed by atoms with Crippen LogP contribution in [0.5, 0.6) is 0 Å². The van der Waals surface area contributed by atoms with Gasteiger partial charge in [-0.25, -0.2) is 9.59 Å². The van der Waals surface area contributed by atoms with Crippen LogP contribution in [0.25, 0.3) is 0 Å². The van der Waals surface area contributed by atoms with Crippen LogP contribution in [0, 0.1) is 5.92 Å². The summed E-state index contributed by atoms with van der Waals surface area (Å²) in [7, 11) is 0. The molecule has 2 heterocycles. The highest BCUT2D eigenvalue weighted by Gasteiger charge is 2.46. The molecule has 2 N–H and O–H groups in total. The van der Waals surface area contributed by atoms with Crippen LogP contribution in [0.4, 0.5) is 0 Å². The van der Waals surface area contributed by atoms with Gasteiger partial charge in [0.25, 0.3) is 0 Å². The summed E-state index contributed by atoms with van der Waals surface area (Å²) in [5, 5.41) is 15.6. The average Bonchev–Trinajstić information content (AvgIpc) is 3.34. The molecule has 136 valence electrons. The summed E-state index contributed by atoms with van der Waals surface area (Å²) in [6.45, 7) is 5.54. The molecule has 1 aromatic rings. The van der Waals surface area contributed by atoms with Gasteiger partial charge in [-0.05, 0) is 37.7 Å². The fourth-order valence-electron chi connectivity index (χ4n) is 2.99. The first-order valence-electron chi connectivity index (χ1n) is 8.46. The van der Waals surface area contributed by atoms with Gasteiger partial charge in [0.1, 0.15) is 5.72 Å². The van der Waals surface area contributed by atoms with E-state index in [1.165, 1.54) is 37.9 Å². The molecule has 2 aliphatic rings. The van der Waals surface area contributed by atoms with Crippen LogP contribution in [-0.4, -0.2) is 52.5 Å². The molecule has 0 aliphatic carbocycles. The number of piperidine rings is 1. The van der Waals surface area contributed by atoms with Crippen molar-refractivity contribution >= 4 is 11.9 Å². The molecule has 1 aromatic carbocycles. The first-order valence-corrected chi connectivity index (χ1v) is 8.46. The highest BCUT2D eigenvalue weighted by Crippen LogP contribution is 2.34. The zero-order chi connectivity index (χ0) is 18.3. The monoisotopic (exact) mass is 347 g/mol. The molecule has 25 heavy (non-hydrogen) atoms. The normalized spacial score (nSPS) is 23.7. The number of rotatable bonds is 5. The largest absolute Gasteiger partial charge is 0.478 e. The van der Waals surface area contributed by atoms with Gasteiger partial charge in [-0.1, -0.05) is 30.3 Å². The lowest BCUT2D eigenvalue weighted by Crippen LogP contribution is -2.42. The van der Waals surface area contributed by atoms with Crippen molar-refractivity contribution in [3.63, 3.8) is 0 Å². The Kier molecular flexibility index (Phi) is 6.73. The summed E-state index contributed by atoms with van der Waals surface area (Å²) >= 11 is 0. The van der Waals surface area contributed by atoms with E-state index >= 15 is 0 Å². The first kappa shape index (κ1) is 19.1. The molecule has 2 saturated heterocycles. The molecule has 0 amide bonds. The van der Waals surface area contributed by atoms with Gasteiger partial charge in [-0.15, -0.1) is 0 Å². The van der Waals surface area contributed by atoms with Gasteiger partial charge in [0, 0.05) is 25.2 Å². The van der Waals surface area contributed by atoms with Gasteiger partial charge in [0.05, 0.1) is 6.61 Å². The van der Waals surface area contributed by atoms with Crippen LogP contribution in [0.1, 0.15) is 25.3 Å². The lowest BCUT2D eigenvalue weighted by Gasteiger charge is -2.34. The second kappa shape index (κ2) is 8.78. The van der Waals surface area contributed by atoms with Crippen molar-refractivity contribution in [1.29, 1.82) is 0 Å². The maximum Gasteiger partial charge on any atom is 0.328 e. The van der Waals surface area contributed by atoms with E-state index in [0.717, 1.165) is 12.5 Å². The Hall–Kier alpha value is -2.18. The van der Waals surface area contributed by atoms with E-state index in [9.17, 15) is 9.59 Å². The maximum absolute atomic E-state index is 9.55. The molecule has 1 atom stereocenters. The molecule has 0 spiro atoms. The number of likely N-dealkylation sites (tertiary alicyclic amines) is 1. The average molecular weight is 347 g/mol. The number of hydrogen-bond acceptors (Lipinski definition) is 4. The van der Waals surface area contributed by atoms with Gasteiger partial charge < -0.3 is 14.9 Å². The van der Waals surface area contributed by atoms with Crippen LogP contribution in [-0.2, 0) is 20.7 Å². The fourth-order valence-corrected chi connectivity index (χ4v) is 2.99.